The molecule has 0 amide bonds. The van der Waals surface area contributed by atoms with Crippen molar-refractivity contribution in [1.82, 2.24) is 0 Å². The fraction of sp³-hybridized carbons (Fsp3) is 0.143. The first-order valence-electron chi connectivity index (χ1n) is 2.42. The van der Waals surface area contributed by atoms with Crippen molar-refractivity contribution < 1.29 is 9.59 Å². The summed E-state index contributed by atoms with van der Waals surface area (Å²) in [4.78, 5) is 19.2. The first kappa shape index (κ1) is 7.82. The van der Waals surface area contributed by atoms with Crippen LogP contribution in [0.15, 0.2) is 12.2 Å². The molecule has 46 valence electrons. The lowest BCUT2D eigenvalue weighted by Crippen LogP contribution is -1.64. The fourth-order valence-electron chi connectivity index (χ4n) is 0.273. The third kappa shape index (κ3) is 6.82. The van der Waals surface area contributed by atoms with Gasteiger partial charge < -0.3 is 0 Å². The highest BCUT2D eigenvalue weighted by molar-refractivity contribution is 5.64. The van der Waals surface area contributed by atoms with Gasteiger partial charge in [-0.3, -0.25) is 9.59 Å². The summed E-state index contributed by atoms with van der Waals surface area (Å²) >= 11 is 0. The van der Waals surface area contributed by atoms with E-state index in [1.54, 1.807) is 0 Å². The minimum absolute atomic E-state index is 0.386. The molecule has 2 radical (unpaired) electrons. The van der Waals surface area contributed by atoms with Crippen molar-refractivity contribution >= 4 is 12.6 Å². The van der Waals surface area contributed by atoms with Crippen LogP contribution in [0.5, 0.6) is 0 Å². The highest BCUT2D eigenvalue weighted by Crippen LogP contribution is 1.78. The minimum Gasteiger partial charge on any atom is -0.299 e. The van der Waals surface area contributed by atoms with E-state index in [1.807, 2.05) is 0 Å². The van der Waals surface area contributed by atoms with Gasteiger partial charge in [0.15, 0.2) is 0 Å². The number of rotatable bonds is 4. The molecule has 0 heterocycles. The molecule has 0 aliphatic rings. The Morgan fingerprint density at radius 3 is 1.78 bits per heavy atom. The molecular formula is C7H6O2. The molecule has 9 heavy (non-hydrogen) atoms. The van der Waals surface area contributed by atoms with Crippen LogP contribution >= 0.6 is 0 Å². The molecule has 0 unspecified atom stereocenters. The molecule has 0 aliphatic carbocycles. The Hall–Kier alpha value is -1.18. The summed E-state index contributed by atoms with van der Waals surface area (Å²) in [5, 5.41) is 0. The predicted octanol–water partition coefficient (Wildman–Crippen LogP) is 0.493. The Kier molecular flexibility index (Phi) is 5.93. The van der Waals surface area contributed by atoms with Crippen LogP contribution in [-0.2, 0) is 9.59 Å². The number of carbonyl (C=O) groups is 2. The van der Waals surface area contributed by atoms with E-state index in [0.717, 1.165) is 0 Å². The SMILES string of the molecule is O=C/C=[C]/C/[C]=C/C=O. The van der Waals surface area contributed by atoms with Crippen molar-refractivity contribution in [3.05, 3.63) is 24.3 Å². The molecule has 0 aromatic heterocycles. The second-order valence-corrected chi connectivity index (χ2v) is 1.19. The Morgan fingerprint density at radius 2 is 1.44 bits per heavy atom. The molecule has 0 atom stereocenters. The average molecular weight is 122 g/mol. The summed E-state index contributed by atoms with van der Waals surface area (Å²) < 4.78 is 0. The first-order chi connectivity index (χ1) is 4.41. The van der Waals surface area contributed by atoms with Gasteiger partial charge in [0.05, 0.1) is 0 Å². The molecule has 0 spiro atoms. The molecular weight excluding hydrogens is 116 g/mol. The molecule has 0 saturated heterocycles. The van der Waals surface area contributed by atoms with Crippen LogP contribution in [0, 0.1) is 12.2 Å². The van der Waals surface area contributed by atoms with E-state index >= 15 is 0 Å². The molecule has 2 heteroatoms. The third-order valence-corrected chi connectivity index (χ3v) is 0.576. The molecule has 0 rings (SSSR count). The first-order valence-corrected chi connectivity index (χ1v) is 2.42. The second-order valence-electron chi connectivity index (χ2n) is 1.19. The lowest BCUT2D eigenvalue weighted by atomic mass is 10.3. The van der Waals surface area contributed by atoms with Crippen LogP contribution in [0.25, 0.3) is 0 Å². The largest absolute Gasteiger partial charge is 0.299 e. The smallest absolute Gasteiger partial charge is 0.143 e. The normalized spacial score (nSPS) is 10.7. The number of hydrogen-bond acceptors (Lipinski definition) is 2. The maximum Gasteiger partial charge on any atom is 0.143 e. The van der Waals surface area contributed by atoms with Crippen LogP contribution in [0.1, 0.15) is 6.42 Å². The van der Waals surface area contributed by atoms with E-state index in [1.165, 1.54) is 12.2 Å². The van der Waals surface area contributed by atoms with Crippen molar-refractivity contribution in [2.45, 2.75) is 6.42 Å². The summed E-state index contributed by atoms with van der Waals surface area (Å²) in [7, 11) is 0. The number of allylic oxidation sites excluding steroid dienone is 4. The van der Waals surface area contributed by atoms with E-state index in [4.69, 9.17) is 0 Å². The zero-order valence-electron chi connectivity index (χ0n) is 4.83. The van der Waals surface area contributed by atoms with Crippen molar-refractivity contribution in [1.29, 1.82) is 0 Å². The number of carbonyl (C=O) groups excluding carboxylic acids is 2. The predicted molar refractivity (Wildman–Crippen MR) is 32.4 cm³/mol. The van der Waals surface area contributed by atoms with Gasteiger partial charge in [-0.25, -0.2) is 0 Å². The molecule has 0 fully saturated rings. The summed E-state index contributed by atoms with van der Waals surface area (Å²) in [5.41, 5.74) is 0. The summed E-state index contributed by atoms with van der Waals surface area (Å²) in [5.74, 6) is 0. The lowest BCUT2D eigenvalue weighted by Gasteiger charge is -1.70. The quantitative estimate of drug-likeness (QED) is 0.401. The minimum atomic E-state index is 0.386. The van der Waals surface area contributed by atoms with Crippen LogP contribution in [-0.4, -0.2) is 12.6 Å². The lowest BCUT2D eigenvalue weighted by molar-refractivity contribution is -0.104. The van der Waals surface area contributed by atoms with Crippen LogP contribution in [0.3, 0.4) is 0 Å². The van der Waals surface area contributed by atoms with E-state index < -0.39 is 0 Å². The van der Waals surface area contributed by atoms with Gasteiger partial charge in [0.25, 0.3) is 0 Å². The maximum absolute atomic E-state index is 9.61. The molecule has 0 aromatic carbocycles. The fourth-order valence-corrected chi connectivity index (χ4v) is 0.273. The molecule has 0 aliphatic heterocycles. The van der Waals surface area contributed by atoms with E-state index in [2.05, 4.69) is 12.2 Å². The van der Waals surface area contributed by atoms with E-state index in [-0.39, 0.29) is 0 Å². The third-order valence-electron chi connectivity index (χ3n) is 0.576. The van der Waals surface area contributed by atoms with Crippen molar-refractivity contribution in [3.8, 4) is 0 Å². The molecule has 2 nitrogen and oxygen atoms in total. The van der Waals surface area contributed by atoms with Gasteiger partial charge in [0, 0.05) is 0 Å². The van der Waals surface area contributed by atoms with Gasteiger partial charge in [0.1, 0.15) is 12.6 Å². The van der Waals surface area contributed by atoms with Gasteiger partial charge in [0.2, 0.25) is 0 Å². The van der Waals surface area contributed by atoms with Crippen molar-refractivity contribution in [3.63, 3.8) is 0 Å². The highest BCUT2D eigenvalue weighted by atomic mass is 16.1. The molecule has 0 N–H and O–H groups in total. The van der Waals surface area contributed by atoms with Crippen LogP contribution in [0.4, 0.5) is 0 Å². The topological polar surface area (TPSA) is 34.1 Å². The summed E-state index contributed by atoms with van der Waals surface area (Å²) in [6.07, 6.45) is 9.28. The Morgan fingerprint density at radius 1 is 1.00 bits per heavy atom. The zero-order chi connectivity index (χ0) is 6.95. The van der Waals surface area contributed by atoms with Gasteiger partial charge in [-0.05, 0) is 30.7 Å². The highest BCUT2D eigenvalue weighted by Gasteiger charge is 1.69. The van der Waals surface area contributed by atoms with Gasteiger partial charge in [-0.2, -0.15) is 0 Å². The molecule has 0 saturated carbocycles. The maximum atomic E-state index is 9.61. The van der Waals surface area contributed by atoms with Gasteiger partial charge in [-0.1, -0.05) is 0 Å². The van der Waals surface area contributed by atoms with Gasteiger partial charge >= 0.3 is 0 Å². The zero-order valence-corrected chi connectivity index (χ0v) is 4.83. The van der Waals surface area contributed by atoms with Crippen molar-refractivity contribution in [2.24, 2.45) is 0 Å². The van der Waals surface area contributed by atoms with Crippen LogP contribution in [0.2, 0.25) is 0 Å². The van der Waals surface area contributed by atoms with E-state index in [0.29, 0.717) is 19.0 Å². The number of aldehydes is 2. The Bertz CT molecular complexity index is 118. The molecule has 0 aromatic rings. The monoisotopic (exact) mass is 122 g/mol. The van der Waals surface area contributed by atoms with Crippen molar-refractivity contribution in [2.75, 3.05) is 0 Å². The standard InChI is InChI=1S/C7H6O2/c8-6-4-2-1-3-5-7-9/h4-7H,1H2. The summed E-state index contributed by atoms with van der Waals surface area (Å²) in [6, 6.07) is 0. The Labute approximate surface area is 53.9 Å². The van der Waals surface area contributed by atoms with E-state index in [9.17, 15) is 9.59 Å². The second kappa shape index (κ2) is 6.82. The summed E-state index contributed by atoms with van der Waals surface area (Å²) in [6.45, 7) is 0. The Balaban J connectivity index is 3.27. The number of hydrogen-bond donors (Lipinski definition) is 0. The molecule has 0 bridgehead atoms. The van der Waals surface area contributed by atoms with Gasteiger partial charge in [-0.15, -0.1) is 0 Å². The van der Waals surface area contributed by atoms with Crippen LogP contribution < -0.4 is 0 Å². The average Bonchev–Trinajstić information content (AvgIpc) is 1.89.